The van der Waals surface area contributed by atoms with Crippen LogP contribution in [0.25, 0.3) is 17.0 Å². The number of benzene rings is 2. The van der Waals surface area contributed by atoms with Crippen LogP contribution >= 0.6 is 0 Å². The van der Waals surface area contributed by atoms with Gasteiger partial charge in [-0.15, -0.1) is 0 Å². The first-order chi connectivity index (χ1) is 10.8. The van der Waals surface area contributed by atoms with Crippen molar-refractivity contribution in [2.75, 3.05) is 7.11 Å². The van der Waals surface area contributed by atoms with Gasteiger partial charge in [0.2, 0.25) is 0 Å². The summed E-state index contributed by atoms with van der Waals surface area (Å²) in [5.41, 5.74) is 2.29. The number of ether oxygens (including phenoxy) is 1. The van der Waals surface area contributed by atoms with E-state index in [0.29, 0.717) is 5.56 Å². The van der Waals surface area contributed by atoms with Crippen LogP contribution < -0.4 is 4.74 Å². The van der Waals surface area contributed by atoms with Crippen molar-refractivity contribution in [1.82, 2.24) is 4.98 Å². The second-order valence-electron chi connectivity index (χ2n) is 4.86. The molecule has 0 fully saturated rings. The van der Waals surface area contributed by atoms with Gasteiger partial charge < -0.3 is 4.74 Å². The van der Waals surface area contributed by atoms with Gasteiger partial charge in [0.15, 0.2) is 5.78 Å². The lowest BCUT2D eigenvalue weighted by atomic mass is 10.1. The molecule has 2 aromatic carbocycles. The van der Waals surface area contributed by atoms with Crippen LogP contribution in [-0.2, 0) is 0 Å². The van der Waals surface area contributed by atoms with E-state index >= 15 is 0 Å². The summed E-state index contributed by atoms with van der Waals surface area (Å²) >= 11 is 0. The molecule has 0 aliphatic carbocycles. The lowest BCUT2D eigenvalue weighted by molar-refractivity contribution is 0.104. The summed E-state index contributed by atoms with van der Waals surface area (Å²) < 4.78 is 5.19. The summed E-state index contributed by atoms with van der Waals surface area (Å²) in [6.45, 7) is 0. The predicted octanol–water partition coefficient (Wildman–Crippen LogP) is 4.14. The number of aromatic nitrogens is 1. The van der Waals surface area contributed by atoms with Gasteiger partial charge in [-0.25, -0.2) is 4.98 Å². The van der Waals surface area contributed by atoms with Gasteiger partial charge in [0, 0.05) is 10.9 Å². The van der Waals surface area contributed by atoms with Gasteiger partial charge in [0.05, 0.1) is 18.3 Å². The summed E-state index contributed by atoms with van der Waals surface area (Å²) in [7, 11) is 1.64. The maximum absolute atomic E-state index is 12.0. The first-order valence-corrected chi connectivity index (χ1v) is 6.98. The number of hydrogen-bond acceptors (Lipinski definition) is 3. The molecule has 3 rings (SSSR count). The number of hydrogen-bond donors (Lipinski definition) is 0. The molecule has 0 N–H and O–H groups in total. The number of rotatable bonds is 4. The highest BCUT2D eigenvalue weighted by Gasteiger charge is 2.01. The van der Waals surface area contributed by atoms with E-state index < -0.39 is 0 Å². The molecule has 3 nitrogen and oxygen atoms in total. The van der Waals surface area contributed by atoms with Gasteiger partial charge in [-0.3, -0.25) is 4.79 Å². The van der Waals surface area contributed by atoms with Crippen LogP contribution in [0.1, 0.15) is 16.1 Å². The Morgan fingerprint density at radius 1 is 1.05 bits per heavy atom. The average Bonchev–Trinajstić information content (AvgIpc) is 2.59. The monoisotopic (exact) mass is 289 g/mol. The molecule has 0 bridgehead atoms. The molecule has 0 atom stereocenters. The molecular weight excluding hydrogens is 274 g/mol. The van der Waals surface area contributed by atoms with Crippen molar-refractivity contribution >= 4 is 22.8 Å². The van der Waals surface area contributed by atoms with Crippen LogP contribution in [0, 0.1) is 0 Å². The molecule has 0 amide bonds. The molecule has 0 saturated heterocycles. The Morgan fingerprint density at radius 2 is 1.86 bits per heavy atom. The Morgan fingerprint density at radius 3 is 2.64 bits per heavy atom. The Labute approximate surface area is 128 Å². The molecule has 0 aliphatic rings. The van der Waals surface area contributed by atoms with Crippen LogP contribution in [0.5, 0.6) is 5.75 Å². The molecule has 1 aromatic heterocycles. The van der Waals surface area contributed by atoms with Crippen LogP contribution in [0.4, 0.5) is 0 Å². The third-order valence-electron chi connectivity index (χ3n) is 3.38. The summed E-state index contributed by atoms with van der Waals surface area (Å²) in [4.78, 5) is 16.6. The normalized spacial score (nSPS) is 11.0. The van der Waals surface area contributed by atoms with Gasteiger partial charge >= 0.3 is 0 Å². The number of carbonyl (C=O) groups excluding carboxylic acids is 1. The first kappa shape index (κ1) is 14.0. The fourth-order valence-corrected chi connectivity index (χ4v) is 2.20. The molecular formula is C19H15NO2. The number of pyridine rings is 1. The second-order valence-corrected chi connectivity index (χ2v) is 4.86. The third-order valence-corrected chi connectivity index (χ3v) is 3.38. The highest BCUT2D eigenvalue weighted by molar-refractivity contribution is 6.06. The molecule has 0 unspecified atom stereocenters. The number of fused-ring (bicyclic) bond motifs is 1. The van der Waals surface area contributed by atoms with E-state index in [1.54, 1.807) is 31.4 Å². The second kappa shape index (κ2) is 6.22. The van der Waals surface area contributed by atoms with E-state index in [4.69, 9.17) is 4.74 Å². The van der Waals surface area contributed by atoms with Crippen molar-refractivity contribution in [2.45, 2.75) is 0 Å². The van der Waals surface area contributed by atoms with Crippen LogP contribution in [-0.4, -0.2) is 17.9 Å². The Hall–Kier alpha value is -2.94. The minimum absolute atomic E-state index is 0.0303. The highest BCUT2D eigenvalue weighted by atomic mass is 16.5. The lowest BCUT2D eigenvalue weighted by Crippen LogP contribution is -1.93. The Kier molecular flexibility index (Phi) is 3.97. The average molecular weight is 289 g/mol. The third kappa shape index (κ3) is 3.04. The predicted molar refractivity (Wildman–Crippen MR) is 88.1 cm³/mol. The zero-order valence-corrected chi connectivity index (χ0v) is 12.2. The highest BCUT2D eigenvalue weighted by Crippen LogP contribution is 2.20. The van der Waals surface area contributed by atoms with Crippen molar-refractivity contribution in [3.63, 3.8) is 0 Å². The van der Waals surface area contributed by atoms with Crippen molar-refractivity contribution in [1.29, 1.82) is 0 Å². The number of methoxy groups -OCH3 is 1. The van der Waals surface area contributed by atoms with E-state index in [9.17, 15) is 4.79 Å². The summed E-state index contributed by atoms with van der Waals surface area (Å²) in [5.74, 6) is 0.772. The molecule has 3 heteroatoms. The maximum atomic E-state index is 12.0. The molecule has 3 aromatic rings. The molecule has 1 heterocycles. The minimum Gasteiger partial charge on any atom is -0.497 e. The fraction of sp³-hybridized carbons (Fsp3) is 0.0526. The van der Waals surface area contributed by atoms with Gasteiger partial charge in [-0.1, -0.05) is 36.4 Å². The van der Waals surface area contributed by atoms with Crippen molar-refractivity contribution in [3.8, 4) is 5.75 Å². The molecule has 22 heavy (non-hydrogen) atoms. The molecule has 108 valence electrons. The fourth-order valence-electron chi connectivity index (χ4n) is 2.20. The summed E-state index contributed by atoms with van der Waals surface area (Å²) in [5, 5.41) is 1.01. The number of allylic oxidation sites excluding steroid dienone is 1. The van der Waals surface area contributed by atoms with Crippen LogP contribution in [0.3, 0.4) is 0 Å². The smallest absolute Gasteiger partial charge is 0.185 e. The number of ketones is 1. The SMILES string of the molecule is COc1ccc2nc(/C=C/C(=O)c3ccccc3)ccc2c1. The topological polar surface area (TPSA) is 39.2 Å². The molecule has 0 aliphatic heterocycles. The van der Waals surface area contributed by atoms with Crippen molar-refractivity contribution < 1.29 is 9.53 Å². The lowest BCUT2D eigenvalue weighted by Gasteiger charge is -2.02. The van der Waals surface area contributed by atoms with E-state index in [1.165, 1.54) is 0 Å². The summed E-state index contributed by atoms with van der Waals surface area (Å²) in [6, 6.07) is 18.8. The minimum atomic E-state index is -0.0303. The number of carbonyl (C=O) groups is 1. The van der Waals surface area contributed by atoms with E-state index in [-0.39, 0.29) is 5.78 Å². The zero-order valence-electron chi connectivity index (χ0n) is 12.2. The largest absolute Gasteiger partial charge is 0.497 e. The maximum Gasteiger partial charge on any atom is 0.185 e. The van der Waals surface area contributed by atoms with E-state index in [0.717, 1.165) is 22.3 Å². The van der Waals surface area contributed by atoms with Gasteiger partial charge in [-0.05, 0) is 36.4 Å². The van der Waals surface area contributed by atoms with E-state index in [1.807, 2.05) is 48.5 Å². The molecule has 0 radical (unpaired) electrons. The standard InChI is InChI=1S/C19H15NO2/c1-22-17-10-11-18-15(13-17)7-8-16(20-18)9-12-19(21)14-5-3-2-4-6-14/h2-13H,1H3/b12-9+. The Bertz CT molecular complexity index is 838. The molecule has 0 saturated carbocycles. The quantitative estimate of drug-likeness (QED) is 0.535. The van der Waals surface area contributed by atoms with Crippen LogP contribution in [0.15, 0.2) is 66.7 Å². The van der Waals surface area contributed by atoms with Gasteiger partial charge in [0.25, 0.3) is 0 Å². The van der Waals surface area contributed by atoms with Crippen LogP contribution in [0.2, 0.25) is 0 Å². The van der Waals surface area contributed by atoms with Gasteiger partial charge in [0.1, 0.15) is 5.75 Å². The summed E-state index contributed by atoms with van der Waals surface area (Å²) in [6.07, 6.45) is 3.28. The van der Waals surface area contributed by atoms with Crippen molar-refractivity contribution in [3.05, 3.63) is 78.0 Å². The Balaban J connectivity index is 1.85. The first-order valence-electron chi connectivity index (χ1n) is 6.98. The molecule has 0 spiro atoms. The van der Waals surface area contributed by atoms with Gasteiger partial charge in [-0.2, -0.15) is 0 Å². The van der Waals surface area contributed by atoms with Crippen molar-refractivity contribution in [2.24, 2.45) is 0 Å². The van der Waals surface area contributed by atoms with E-state index in [2.05, 4.69) is 4.98 Å². The number of nitrogens with zero attached hydrogens (tertiary/aromatic N) is 1. The zero-order chi connectivity index (χ0) is 15.4.